The Morgan fingerprint density at radius 2 is 1.79 bits per heavy atom. The Balaban J connectivity index is 1.55. The number of nitrogens with two attached hydrogens (primary N) is 1. The van der Waals surface area contributed by atoms with E-state index in [-0.39, 0.29) is 35.4 Å². The number of thiazole rings is 1. The maximum absolute atomic E-state index is 12.6. The molecule has 0 bridgehead atoms. The molecular formula is C20H28N4O3S2. The normalized spacial score (nSPS) is 20.0. The van der Waals surface area contributed by atoms with E-state index in [0.29, 0.717) is 15.6 Å². The summed E-state index contributed by atoms with van der Waals surface area (Å²) in [5, 5.41) is 3.99. The average molecular weight is 437 g/mol. The first kappa shape index (κ1) is 21.7. The molecule has 0 unspecified atom stereocenters. The number of anilines is 2. The van der Waals surface area contributed by atoms with Crippen molar-refractivity contribution in [2.75, 3.05) is 16.8 Å². The van der Waals surface area contributed by atoms with Crippen molar-refractivity contribution in [3.05, 3.63) is 40.8 Å². The highest BCUT2D eigenvalue weighted by Gasteiger charge is 2.26. The van der Waals surface area contributed by atoms with Crippen LogP contribution in [-0.2, 0) is 10.0 Å². The molecule has 158 valence electrons. The van der Waals surface area contributed by atoms with Gasteiger partial charge in [0, 0.05) is 17.6 Å². The molecule has 1 saturated carbocycles. The van der Waals surface area contributed by atoms with Gasteiger partial charge in [-0.1, -0.05) is 55.5 Å². The second kappa shape index (κ2) is 9.23. The van der Waals surface area contributed by atoms with Crippen LogP contribution in [0.15, 0.2) is 30.3 Å². The molecule has 0 amide bonds. The van der Waals surface area contributed by atoms with Gasteiger partial charge in [-0.3, -0.25) is 4.79 Å². The minimum atomic E-state index is -3.23. The lowest BCUT2D eigenvalue weighted by Crippen LogP contribution is -2.41. The third-order valence-corrected chi connectivity index (χ3v) is 7.65. The summed E-state index contributed by atoms with van der Waals surface area (Å²) >= 11 is 1.27. The molecule has 2 aromatic rings. The standard InChI is InChI=1S/C20H28N4O3S2/c1-13(2)12-29(26,27)24-16-10-8-15(9-11-16)22-20-23-19(21)18(28-20)17(25)14-6-4-3-5-7-14/h3-7,13,15-16,24H,8-12,21H2,1-2H3,(H,22,23)/t15-,16-. The van der Waals surface area contributed by atoms with Crippen LogP contribution in [0.5, 0.6) is 0 Å². The molecule has 7 nitrogen and oxygen atoms in total. The molecule has 1 aromatic heterocycles. The lowest BCUT2D eigenvalue weighted by Gasteiger charge is -2.29. The Labute approximate surface area is 176 Å². The number of ketones is 1. The lowest BCUT2D eigenvalue weighted by molar-refractivity contribution is 0.104. The predicted octanol–water partition coefficient (Wildman–Crippen LogP) is 3.25. The van der Waals surface area contributed by atoms with Crippen molar-refractivity contribution in [2.24, 2.45) is 5.92 Å². The molecule has 1 aliphatic rings. The van der Waals surface area contributed by atoms with Gasteiger partial charge in [0.05, 0.1) is 5.75 Å². The van der Waals surface area contributed by atoms with Crippen molar-refractivity contribution >= 4 is 38.1 Å². The van der Waals surface area contributed by atoms with Crippen LogP contribution in [-0.4, -0.2) is 37.0 Å². The van der Waals surface area contributed by atoms with E-state index in [1.54, 1.807) is 12.1 Å². The van der Waals surface area contributed by atoms with E-state index in [1.165, 1.54) is 11.3 Å². The van der Waals surface area contributed by atoms with Crippen LogP contribution in [0.3, 0.4) is 0 Å². The maximum Gasteiger partial charge on any atom is 0.212 e. The van der Waals surface area contributed by atoms with Gasteiger partial charge in [0.2, 0.25) is 15.8 Å². The van der Waals surface area contributed by atoms with Crippen LogP contribution in [0.2, 0.25) is 0 Å². The smallest absolute Gasteiger partial charge is 0.212 e. The van der Waals surface area contributed by atoms with E-state index < -0.39 is 10.0 Å². The molecular weight excluding hydrogens is 408 g/mol. The summed E-state index contributed by atoms with van der Waals surface area (Å²) in [7, 11) is -3.23. The van der Waals surface area contributed by atoms with Crippen LogP contribution >= 0.6 is 11.3 Å². The van der Waals surface area contributed by atoms with Gasteiger partial charge < -0.3 is 11.1 Å². The Bertz CT molecular complexity index is 934. The number of sulfonamides is 1. The number of nitrogens with one attached hydrogen (secondary N) is 2. The fourth-order valence-corrected chi connectivity index (χ4v) is 6.19. The van der Waals surface area contributed by atoms with E-state index in [2.05, 4.69) is 15.0 Å². The molecule has 9 heteroatoms. The third-order valence-electron chi connectivity index (χ3n) is 4.85. The molecule has 0 aliphatic heterocycles. The highest BCUT2D eigenvalue weighted by Crippen LogP contribution is 2.30. The number of nitrogen functional groups attached to an aromatic ring is 1. The van der Waals surface area contributed by atoms with Crippen LogP contribution < -0.4 is 15.8 Å². The summed E-state index contributed by atoms with van der Waals surface area (Å²) < 4.78 is 27.1. The number of aromatic nitrogens is 1. The van der Waals surface area contributed by atoms with Crippen LogP contribution in [0.1, 0.15) is 54.8 Å². The zero-order valence-corrected chi connectivity index (χ0v) is 18.4. The van der Waals surface area contributed by atoms with Crippen LogP contribution in [0, 0.1) is 5.92 Å². The zero-order chi connectivity index (χ0) is 21.0. The number of hydrogen-bond acceptors (Lipinski definition) is 7. The number of carbonyl (C=O) groups excluding carboxylic acids is 1. The first-order chi connectivity index (χ1) is 13.7. The third kappa shape index (κ3) is 6.01. The molecule has 0 saturated heterocycles. The van der Waals surface area contributed by atoms with Gasteiger partial charge in [-0.25, -0.2) is 18.1 Å². The second-order valence-corrected chi connectivity index (χ2v) is 10.7. The Morgan fingerprint density at radius 3 is 2.41 bits per heavy atom. The van der Waals surface area contributed by atoms with Crippen molar-refractivity contribution < 1.29 is 13.2 Å². The number of hydrogen-bond donors (Lipinski definition) is 3. The second-order valence-electron chi connectivity index (χ2n) is 7.91. The summed E-state index contributed by atoms with van der Waals surface area (Å²) in [5.74, 6) is 0.369. The van der Waals surface area contributed by atoms with E-state index in [1.807, 2.05) is 32.0 Å². The van der Waals surface area contributed by atoms with E-state index >= 15 is 0 Å². The van der Waals surface area contributed by atoms with E-state index in [0.717, 1.165) is 25.7 Å². The number of nitrogens with zero attached hydrogens (tertiary/aromatic N) is 1. The zero-order valence-electron chi connectivity index (χ0n) is 16.7. The molecule has 1 aliphatic carbocycles. The average Bonchev–Trinajstić information content (AvgIpc) is 3.02. The largest absolute Gasteiger partial charge is 0.382 e. The van der Waals surface area contributed by atoms with Crippen LogP contribution in [0.4, 0.5) is 10.9 Å². The molecule has 29 heavy (non-hydrogen) atoms. The topological polar surface area (TPSA) is 114 Å². The highest BCUT2D eigenvalue weighted by atomic mass is 32.2. The van der Waals surface area contributed by atoms with Gasteiger partial charge in [-0.05, 0) is 31.6 Å². The van der Waals surface area contributed by atoms with Crippen molar-refractivity contribution in [1.29, 1.82) is 0 Å². The molecule has 1 heterocycles. The van der Waals surface area contributed by atoms with Crippen molar-refractivity contribution in [3.8, 4) is 0 Å². The first-order valence-electron chi connectivity index (χ1n) is 9.86. The van der Waals surface area contributed by atoms with Crippen molar-refractivity contribution in [1.82, 2.24) is 9.71 Å². The highest BCUT2D eigenvalue weighted by molar-refractivity contribution is 7.89. The maximum atomic E-state index is 12.6. The molecule has 0 spiro atoms. The number of benzene rings is 1. The van der Waals surface area contributed by atoms with Gasteiger partial charge in [0.25, 0.3) is 0 Å². The Morgan fingerprint density at radius 1 is 1.17 bits per heavy atom. The van der Waals surface area contributed by atoms with Crippen molar-refractivity contribution in [3.63, 3.8) is 0 Å². The number of rotatable bonds is 8. The quantitative estimate of drug-likeness (QED) is 0.547. The Kier molecular flexibility index (Phi) is 6.92. The summed E-state index contributed by atoms with van der Waals surface area (Å²) in [6.07, 6.45) is 3.20. The summed E-state index contributed by atoms with van der Waals surface area (Å²) in [6, 6.07) is 9.18. The first-order valence-corrected chi connectivity index (χ1v) is 12.3. The molecule has 3 rings (SSSR count). The summed E-state index contributed by atoms with van der Waals surface area (Å²) in [4.78, 5) is 17.4. The van der Waals surface area contributed by atoms with Gasteiger partial charge in [0.15, 0.2) is 5.13 Å². The molecule has 0 radical (unpaired) electrons. The molecule has 4 N–H and O–H groups in total. The molecule has 1 fully saturated rings. The van der Waals surface area contributed by atoms with Gasteiger partial charge in [-0.15, -0.1) is 0 Å². The summed E-state index contributed by atoms with van der Waals surface area (Å²) in [6.45, 7) is 3.80. The number of carbonyl (C=O) groups is 1. The fraction of sp³-hybridized carbons (Fsp3) is 0.500. The van der Waals surface area contributed by atoms with Gasteiger partial charge in [0.1, 0.15) is 10.7 Å². The molecule has 0 atom stereocenters. The Hall–Kier alpha value is -1.97. The van der Waals surface area contributed by atoms with Gasteiger partial charge in [-0.2, -0.15) is 0 Å². The predicted molar refractivity (Wildman–Crippen MR) is 118 cm³/mol. The lowest BCUT2D eigenvalue weighted by atomic mass is 9.92. The minimum absolute atomic E-state index is 0.0200. The SMILES string of the molecule is CC(C)CS(=O)(=O)N[C@H]1CC[C@H](Nc2nc(N)c(C(=O)c3ccccc3)s2)CC1. The van der Waals surface area contributed by atoms with Crippen LogP contribution in [0.25, 0.3) is 0 Å². The van der Waals surface area contributed by atoms with Gasteiger partial charge >= 0.3 is 0 Å². The molecule has 1 aromatic carbocycles. The van der Waals surface area contributed by atoms with E-state index in [9.17, 15) is 13.2 Å². The summed E-state index contributed by atoms with van der Waals surface area (Å²) in [5.41, 5.74) is 6.56. The minimum Gasteiger partial charge on any atom is -0.382 e. The van der Waals surface area contributed by atoms with Crippen molar-refractivity contribution in [2.45, 2.75) is 51.6 Å². The van der Waals surface area contributed by atoms with E-state index in [4.69, 9.17) is 5.73 Å². The fourth-order valence-electron chi connectivity index (χ4n) is 3.55. The monoisotopic (exact) mass is 436 g/mol.